The van der Waals surface area contributed by atoms with E-state index in [1.54, 1.807) is 0 Å². The Labute approximate surface area is 197 Å². The molecule has 2 heteroatoms. The molecule has 4 aromatic rings. The summed E-state index contributed by atoms with van der Waals surface area (Å²) in [6, 6.07) is 33.4. The molecule has 1 saturated carbocycles. The minimum atomic E-state index is -0.820. The summed E-state index contributed by atoms with van der Waals surface area (Å²) in [6.07, 6.45) is 0. The van der Waals surface area contributed by atoms with Gasteiger partial charge in [0.05, 0.1) is 0 Å². The van der Waals surface area contributed by atoms with Gasteiger partial charge < -0.3 is 0 Å². The van der Waals surface area contributed by atoms with Gasteiger partial charge in [-0.05, 0) is 44.5 Å². The molecular weight excluding hydrogens is 416 g/mol. The van der Waals surface area contributed by atoms with Crippen LogP contribution in [0.15, 0.2) is 97.1 Å². The molecule has 2 bridgehead atoms. The fourth-order valence-corrected chi connectivity index (χ4v) is 8.96. The van der Waals surface area contributed by atoms with Gasteiger partial charge in [-0.25, -0.2) is 0 Å². The molecule has 0 saturated heterocycles. The number of hydrogen-bond acceptors (Lipinski definition) is 2. The SMILES string of the molecule is O=C1C2C3c4ccccc4C(c4ccccc43)C2C(=O)C23c4ccccc4C12c1ccccc13. The van der Waals surface area contributed by atoms with Gasteiger partial charge in [0.25, 0.3) is 0 Å². The molecule has 0 aliphatic heterocycles. The Bertz CT molecular complexity index is 1430. The van der Waals surface area contributed by atoms with Gasteiger partial charge in [0.2, 0.25) is 0 Å². The quantitative estimate of drug-likeness (QED) is 0.377. The van der Waals surface area contributed by atoms with Gasteiger partial charge in [-0.1, -0.05) is 97.1 Å². The van der Waals surface area contributed by atoms with Gasteiger partial charge in [-0.2, -0.15) is 0 Å². The van der Waals surface area contributed by atoms with Crippen LogP contribution in [0.5, 0.6) is 0 Å². The lowest BCUT2D eigenvalue weighted by molar-refractivity contribution is -0.156. The summed E-state index contributed by atoms with van der Waals surface area (Å²) in [4.78, 5) is 29.9. The zero-order valence-corrected chi connectivity index (χ0v) is 18.4. The van der Waals surface area contributed by atoms with E-state index >= 15 is 0 Å². The summed E-state index contributed by atoms with van der Waals surface area (Å²) in [7, 11) is 0. The average Bonchev–Trinajstić information content (AvgIpc) is 2.88. The first-order chi connectivity index (χ1) is 16.7. The van der Waals surface area contributed by atoms with E-state index in [1.165, 1.54) is 22.3 Å². The van der Waals surface area contributed by atoms with Crippen molar-refractivity contribution in [3.8, 4) is 0 Å². The van der Waals surface area contributed by atoms with Crippen molar-refractivity contribution in [2.75, 3.05) is 0 Å². The maximum absolute atomic E-state index is 14.9. The molecule has 0 spiro atoms. The zero-order chi connectivity index (χ0) is 22.4. The number of hydrogen-bond donors (Lipinski definition) is 0. The maximum Gasteiger partial charge on any atom is 0.154 e. The molecule has 4 aromatic carbocycles. The van der Waals surface area contributed by atoms with Crippen molar-refractivity contribution in [3.63, 3.8) is 0 Å². The van der Waals surface area contributed by atoms with Crippen molar-refractivity contribution in [1.82, 2.24) is 0 Å². The van der Waals surface area contributed by atoms with Gasteiger partial charge in [-0.3, -0.25) is 9.59 Å². The minimum absolute atomic E-state index is 0.0632. The summed E-state index contributed by atoms with van der Waals surface area (Å²) in [5.74, 6) is -0.255. The molecule has 0 N–H and O–H groups in total. The van der Waals surface area contributed by atoms with Crippen molar-refractivity contribution in [2.45, 2.75) is 22.7 Å². The lowest BCUT2D eigenvalue weighted by Gasteiger charge is -2.72. The minimum Gasteiger partial charge on any atom is -0.298 e. The van der Waals surface area contributed by atoms with Crippen molar-refractivity contribution >= 4 is 11.6 Å². The number of benzene rings is 4. The van der Waals surface area contributed by atoms with E-state index in [0.717, 1.165) is 22.3 Å². The Morgan fingerprint density at radius 1 is 0.412 bits per heavy atom. The van der Waals surface area contributed by atoms with Crippen LogP contribution in [-0.4, -0.2) is 11.6 Å². The van der Waals surface area contributed by atoms with Crippen LogP contribution in [0.4, 0.5) is 0 Å². The highest BCUT2D eigenvalue weighted by molar-refractivity contribution is 6.23. The van der Waals surface area contributed by atoms with Crippen LogP contribution in [0.2, 0.25) is 0 Å². The van der Waals surface area contributed by atoms with Crippen molar-refractivity contribution < 1.29 is 9.59 Å². The van der Waals surface area contributed by atoms with E-state index in [9.17, 15) is 9.59 Å². The molecule has 0 amide bonds. The molecule has 2 unspecified atom stereocenters. The molecule has 10 rings (SSSR count). The van der Waals surface area contributed by atoms with Crippen LogP contribution in [0, 0.1) is 11.8 Å². The Balaban J connectivity index is 1.40. The lowest BCUT2D eigenvalue weighted by atomic mass is 9.25. The number of rotatable bonds is 0. The van der Waals surface area contributed by atoms with Crippen molar-refractivity contribution in [3.05, 3.63) is 142 Å². The molecule has 34 heavy (non-hydrogen) atoms. The molecule has 6 aliphatic rings. The normalized spacial score (nSPS) is 34.2. The molecule has 0 aromatic heterocycles. The third-order valence-electron chi connectivity index (χ3n) is 9.81. The van der Waals surface area contributed by atoms with Gasteiger partial charge in [0.15, 0.2) is 11.6 Å². The van der Waals surface area contributed by atoms with Gasteiger partial charge in [0, 0.05) is 23.7 Å². The second-order valence-corrected chi connectivity index (χ2v) is 10.6. The number of ketones is 2. The Hall–Kier alpha value is -3.78. The number of carbonyl (C=O) groups is 2. The second kappa shape index (κ2) is 5.31. The van der Waals surface area contributed by atoms with Crippen LogP contribution in [0.3, 0.4) is 0 Å². The second-order valence-electron chi connectivity index (χ2n) is 10.6. The number of fused-ring (bicyclic) bond motifs is 2. The predicted octanol–water partition coefficient (Wildman–Crippen LogP) is 5.26. The Morgan fingerprint density at radius 3 is 0.971 bits per heavy atom. The largest absolute Gasteiger partial charge is 0.298 e. The van der Waals surface area contributed by atoms with Crippen LogP contribution in [0.25, 0.3) is 0 Å². The maximum atomic E-state index is 14.9. The van der Waals surface area contributed by atoms with Crippen molar-refractivity contribution in [1.29, 1.82) is 0 Å². The topological polar surface area (TPSA) is 34.1 Å². The number of carbonyl (C=O) groups excluding carboxylic acids is 2. The van der Waals surface area contributed by atoms with E-state index in [2.05, 4.69) is 72.8 Å². The molecule has 1 fully saturated rings. The van der Waals surface area contributed by atoms with E-state index in [4.69, 9.17) is 0 Å². The standard InChI is InChI=1S/C32H20O2/c33-29-27-25-17-9-1-2-10-18(17)26(20-12-4-3-11-19(20)25)28(27)30(34)32-23-15-7-5-13-21(23)31(29,32)22-14-6-8-16-24(22)32/h1-16,25-28H. The fourth-order valence-electron chi connectivity index (χ4n) is 8.96. The fraction of sp³-hybridized carbons (Fsp3) is 0.188. The smallest absolute Gasteiger partial charge is 0.154 e. The van der Waals surface area contributed by atoms with Crippen LogP contribution < -0.4 is 0 Å². The van der Waals surface area contributed by atoms with E-state index < -0.39 is 10.8 Å². The van der Waals surface area contributed by atoms with E-state index in [0.29, 0.717) is 0 Å². The predicted molar refractivity (Wildman–Crippen MR) is 128 cm³/mol. The third kappa shape index (κ3) is 1.42. The summed E-state index contributed by atoms with van der Waals surface area (Å²) < 4.78 is 0. The van der Waals surface area contributed by atoms with Crippen molar-refractivity contribution in [2.24, 2.45) is 11.8 Å². The van der Waals surface area contributed by atoms with Crippen LogP contribution in [0.1, 0.15) is 56.3 Å². The highest BCUT2D eigenvalue weighted by Crippen LogP contribution is 2.78. The molecule has 0 heterocycles. The molecule has 2 nitrogen and oxygen atoms in total. The Morgan fingerprint density at radius 2 is 0.676 bits per heavy atom. The lowest BCUT2D eigenvalue weighted by Crippen LogP contribution is -2.81. The molecule has 0 radical (unpaired) electrons. The highest BCUT2D eigenvalue weighted by atomic mass is 16.1. The van der Waals surface area contributed by atoms with Gasteiger partial charge in [-0.15, -0.1) is 0 Å². The monoisotopic (exact) mass is 436 g/mol. The summed E-state index contributed by atoms with van der Waals surface area (Å²) in [6.45, 7) is 0. The van der Waals surface area contributed by atoms with E-state index in [1.807, 2.05) is 24.3 Å². The first-order valence-corrected chi connectivity index (χ1v) is 12.2. The number of Topliss-reactive ketones (excluding diaryl/α,β-unsaturated/α-hetero) is 2. The van der Waals surface area contributed by atoms with Crippen LogP contribution >= 0.6 is 0 Å². The third-order valence-corrected chi connectivity index (χ3v) is 9.81. The van der Waals surface area contributed by atoms with Crippen LogP contribution in [-0.2, 0) is 20.4 Å². The Kier molecular flexibility index (Phi) is 2.76. The summed E-state index contributed by atoms with van der Waals surface area (Å²) in [5.41, 5.74) is 7.49. The molecule has 2 atom stereocenters. The molecule has 160 valence electrons. The average molecular weight is 437 g/mol. The summed E-state index contributed by atoms with van der Waals surface area (Å²) >= 11 is 0. The first-order valence-electron chi connectivity index (χ1n) is 12.2. The molecular formula is C32H20O2. The molecule has 6 aliphatic carbocycles. The zero-order valence-electron chi connectivity index (χ0n) is 18.4. The first kappa shape index (κ1) is 17.7. The van der Waals surface area contributed by atoms with E-state index in [-0.39, 0.29) is 35.2 Å². The summed E-state index contributed by atoms with van der Waals surface area (Å²) in [5, 5.41) is 0. The van der Waals surface area contributed by atoms with Gasteiger partial charge in [0.1, 0.15) is 10.8 Å². The highest BCUT2D eigenvalue weighted by Gasteiger charge is 2.84. The van der Waals surface area contributed by atoms with Gasteiger partial charge >= 0.3 is 0 Å².